The van der Waals surface area contributed by atoms with Crippen molar-refractivity contribution in [3.63, 3.8) is 0 Å². The molecule has 2 aromatic heterocycles. The summed E-state index contributed by atoms with van der Waals surface area (Å²) in [6.45, 7) is 0. The minimum atomic E-state index is -0.168. The largest absolute Gasteiger partial charge is 0.424 e. The van der Waals surface area contributed by atoms with Gasteiger partial charge in [-0.05, 0) is 127 Å². The van der Waals surface area contributed by atoms with Gasteiger partial charge < -0.3 is 4.42 Å². The maximum absolute atomic E-state index is 14.5. The summed E-state index contributed by atoms with van der Waals surface area (Å²) in [4.78, 5) is 19.3. The third-order valence-corrected chi connectivity index (χ3v) is 10.2. The molecule has 0 aliphatic rings. The van der Waals surface area contributed by atoms with Crippen molar-refractivity contribution in [3.8, 4) is 66.8 Å². The van der Waals surface area contributed by atoms with E-state index in [1.54, 1.807) is 4.40 Å². The Labute approximate surface area is 311 Å². The van der Waals surface area contributed by atoms with Crippen LogP contribution in [0.1, 0.15) is 0 Å². The number of imidazole rings is 1. The van der Waals surface area contributed by atoms with Crippen LogP contribution in [0.4, 0.5) is 0 Å². The summed E-state index contributed by atoms with van der Waals surface area (Å²) in [7, 11) is 0. The third-order valence-electron chi connectivity index (χ3n) is 10.2. The van der Waals surface area contributed by atoms with Crippen molar-refractivity contribution in [2.24, 2.45) is 0 Å². The maximum atomic E-state index is 14.5. The van der Waals surface area contributed by atoms with E-state index in [9.17, 15) is 4.79 Å². The Morgan fingerprint density at radius 1 is 0.370 bits per heavy atom. The standard InChI is InChI=1S/C50H32N2O2/c53-49-45-31-37(43-27-39(33-13-5-1-6-14-33)25-40(28-43)34-15-7-2-8-16-34)22-24-48(45)54-50-51-46-23-21-38(32-47(46)52(49)50)44-29-41(35-17-9-3-10-18-35)26-42(30-44)36-19-11-4-12-20-36/h1-32H. The Bertz CT molecular complexity index is 2920. The second kappa shape index (κ2) is 13.0. The van der Waals surface area contributed by atoms with E-state index in [-0.39, 0.29) is 11.4 Å². The van der Waals surface area contributed by atoms with E-state index in [2.05, 4.69) is 146 Å². The molecule has 0 aliphatic heterocycles. The third kappa shape index (κ3) is 5.67. The van der Waals surface area contributed by atoms with Gasteiger partial charge in [-0.1, -0.05) is 133 Å². The molecule has 0 amide bonds. The first-order chi connectivity index (χ1) is 26.6. The number of rotatable bonds is 6. The van der Waals surface area contributed by atoms with Crippen molar-refractivity contribution in [3.05, 3.63) is 204 Å². The van der Waals surface area contributed by atoms with Gasteiger partial charge in [-0.2, -0.15) is 4.98 Å². The average molecular weight is 693 g/mol. The monoisotopic (exact) mass is 692 g/mol. The minimum absolute atomic E-state index is 0.168. The number of fused-ring (bicyclic) bond motifs is 4. The lowest BCUT2D eigenvalue weighted by Crippen LogP contribution is -2.12. The van der Waals surface area contributed by atoms with E-state index >= 15 is 0 Å². The Balaban J connectivity index is 1.13. The van der Waals surface area contributed by atoms with E-state index in [1.165, 1.54) is 0 Å². The zero-order valence-corrected chi connectivity index (χ0v) is 29.2. The molecule has 10 rings (SSSR count). The SMILES string of the molecule is O=c1c2cc(-c3cc(-c4ccccc4)cc(-c4ccccc4)c3)ccc2oc2nc3ccc(-c4cc(-c5ccccc5)cc(-c5ccccc5)c4)cc3n12. The Morgan fingerprint density at radius 3 is 1.20 bits per heavy atom. The van der Waals surface area contributed by atoms with Crippen LogP contribution in [0.15, 0.2) is 203 Å². The molecule has 4 nitrogen and oxygen atoms in total. The van der Waals surface area contributed by atoms with Gasteiger partial charge in [0.25, 0.3) is 5.56 Å². The molecule has 254 valence electrons. The molecule has 0 aliphatic carbocycles. The first-order valence-electron chi connectivity index (χ1n) is 18.1. The zero-order chi connectivity index (χ0) is 36.0. The Kier molecular flexibility index (Phi) is 7.59. The molecule has 0 atom stereocenters. The van der Waals surface area contributed by atoms with Crippen LogP contribution in [0.3, 0.4) is 0 Å². The number of aromatic nitrogens is 2. The smallest absolute Gasteiger partial charge is 0.310 e. The van der Waals surface area contributed by atoms with Gasteiger partial charge in [0.2, 0.25) is 0 Å². The zero-order valence-electron chi connectivity index (χ0n) is 29.2. The summed E-state index contributed by atoms with van der Waals surface area (Å²) < 4.78 is 7.95. The summed E-state index contributed by atoms with van der Waals surface area (Å²) in [5.74, 6) is 0.271. The van der Waals surface area contributed by atoms with Crippen molar-refractivity contribution in [1.82, 2.24) is 9.38 Å². The molecule has 0 N–H and O–H groups in total. The molecular weight excluding hydrogens is 661 g/mol. The van der Waals surface area contributed by atoms with Crippen LogP contribution < -0.4 is 5.56 Å². The summed E-state index contributed by atoms with van der Waals surface area (Å²) in [5, 5.41) is 0.494. The van der Waals surface area contributed by atoms with Crippen LogP contribution in [0.2, 0.25) is 0 Å². The highest BCUT2D eigenvalue weighted by Gasteiger charge is 2.17. The van der Waals surface area contributed by atoms with E-state index in [1.807, 2.05) is 48.5 Å². The minimum Gasteiger partial charge on any atom is -0.424 e. The second-order valence-electron chi connectivity index (χ2n) is 13.6. The highest BCUT2D eigenvalue weighted by molar-refractivity contribution is 5.91. The number of nitrogens with zero attached hydrogens (tertiary/aromatic N) is 2. The summed E-state index contributed by atoms with van der Waals surface area (Å²) >= 11 is 0. The molecule has 0 saturated carbocycles. The number of benzene rings is 8. The number of hydrogen-bond acceptors (Lipinski definition) is 3. The lowest BCUT2D eigenvalue weighted by Gasteiger charge is -2.12. The van der Waals surface area contributed by atoms with Crippen LogP contribution in [0, 0.1) is 0 Å². The molecule has 0 radical (unpaired) electrons. The molecule has 0 fully saturated rings. The van der Waals surface area contributed by atoms with E-state index < -0.39 is 0 Å². The molecule has 4 heteroatoms. The normalized spacial score (nSPS) is 11.4. The van der Waals surface area contributed by atoms with Gasteiger partial charge in [0, 0.05) is 0 Å². The average Bonchev–Trinajstić information content (AvgIpc) is 3.62. The van der Waals surface area contributed by atoms with Gasteiger partial charge in [-0.25, -0.2) is 4.40 Å². The van der Waals surface area contributed by atoms with Crippen LogP contribution in [-0.4, -0.2) is 9.38 Å². The highest BCUT2D eigenvalue weighted by atomic mass is 16.4. The van der Waals surface area contributed by atoms with Gasteiger partial charge >= 0.3 is 5.84 Å². The lowest BCUT2D eigenvalue weighted by atomic mass is 9.93. The summed E-state index contributed by atoms with van der Waals surface area (Å²) in [5.41, 5.74) is 14.7. The fraction of sp³-hybridized carbons (Fsp3) is 0. The molecule has 0 bridgehead atoms. The molecule has 0 unspecified atom stereocenters. The van der Waals surface area contributed by atoms with Crippen molar-refractivity contribution >= 4 is 27.8 Å². The maximum Gasteiger partial charge on any atom is 0.310 e. The molecule has 54 heavy (non-hydrogen) atoms. The predicted octanol–water partition coefficient (Wildman–Crippen LogP) is 12.6. The Morgan fingerprint density at radius 2 is 0.759 bits per heavy atom. The van der Waals surface area contributed by atoms with Crippen molar-refractivity contribution in [2.75, 3.05) is 0 Å². The fourth-order valence-electron chi connectivity index (χ4n) is 7.46. The van der Waals surface area contributed by atoms with Crippen molar-refractivity contribution in [2.45, 2.75) is 0 Å². The molecular formula is C50H32N2O2. The first kappa shape index (κ1) is 31.4. The van der Waals surface area contributed by atoms with E-state index in [0.29, 0.717) is 22.0 Å². The van der Waals surface area contributed by atoms with Crippen molar-refractivity contribution in [1.29, 1.82) is 0 Å². The van der Waals surface area contributed by atoms with Crippen LogP contribution in [0.25, 0.3) is 94.6 Å². The van der Waals surface area contributed by atoms with Gasteiger partial charge in [-0.3, -0.25) is 4.79 Å². The highest BCUT2D eigenvalue weighted by Crippen LogP contribution is 2.36. The molecule has 8 aromatic carbocycles. The van der Waals surface area contributed by atoms with Gasteiger partial charge in [-0.15, -0.1) is 0 Å². The molecule has 0 saturated heterocycles. The lowest BCUT2D eigenvalue weighted by molar-refractivity contribution is 0.616. The van der Waals surface area contributed by atoms with Crippen LogP contribution in [-0.2, 0) is 0 Å². The first-order valence-corrected chi connectivity index (χ1v) is 18.1. The number of hydrogen-bond donors (Lipinski definition) is 0. The molecule has 10 aromatic rings. The molecule has 2 heterocycles. The van der Waals surface area contributed by atoms with Crippen molar-refractivity contribution < 1.29 is 4.42 Å². The van der Waals surface area contributed by atoms with Crippen LogP contribution >= 0.6 is 0 Å². The Hall–Kier alpha value is -7.30. The fourth-order valence-corrected chi connectivity index (χ4v) is 7.46. The van der Waals surface area contributed by atoms with Gasteiger partial charge in [0.1, 0.15) is 5.58 Å². The molecule has 0 spiro atoms. The second-order valence-corrected chi connectivity index (χ2v) is 13.6. The van der Waals surface area contributed by atoms with Crippen LogP contribution in [0.5, 0.6) is 0 Å². The topological polar surface area (TPSA) is 47.5 Å². The van der Waals surface area contributed by atoms with Gasteiger partial charge in [0.05, 0.1) is 16.4 Å². The van der Waals surface area contributed by atoms with E-state index in [4.69, 9.17) is 9.40 Å². The van der Waals surface area contributed by atoms with E-state index in [0.717, 1.165) is 66.8 Å². The quantitative estimate of drug-likeness (QED) is 0.174. The summed E-state index contributed by atoms with van der Waals surface area (Å²) in [6.07, 6.45) is 0. The predicted molar refractivity (Wildman–Crippen MR) is 221 cm³/mol. The summed E-state index contributed by atoms with van der Waals surface area (Å²) in [6, 6.07) is 66.8. The van der Waals surface area contributed by atoms with Gasteiger partial charge in [0.15, 0.2) is 0 Å².